The molecule has 2 unspecified atom stereocenters. The molecule has 0 aromatic rings. The zero-order valence-corrected chi connectivity index (χ0v) is 33.5. The smallest absolute Gasteiger partial charge is 0.462 e. The Kier molecular flexibility index (Phi) is 36.2. The molecular weight excluding hydrogens is 651 g/mol. The number of allylic oxidation sites excluding steroid dienone is 4. The first-order valence-corrected chi connectivity index (χ1v) is 22.1. The first-order valence-electron chi connectivity index (χ1n) is 20.6. The van der Waals surface area contributed by atoms with E-state index in [1.54, 1.807) is 6.92 Å². The van der Waals surface area contributed by atoms with Crippen molar-refractivity contribution in [2.45, 2.75) is 207 Å². The SMILES string of the molecule is CCCCCC/C=C\CCCCCCCC(=O)OCC(COP(=O)(O)OCC)OC(=O)CCCCCCCCC/C=C\CCCCCCCC. The monoisotopic (exact) mass is 729 g/mol. The van der Waals surface area contributed by atoms with E-state index in [1.165, 1.54) is 96.3 Å². The quantitative estimate of drug-likeness (QED) is 0.0290. The minimum atomic E-state index is -4.28. The summed E-state index contributed by atoms with van der Waals surface area (Å²) in [6.45, 7) is 5.44. The van der Waals surface area contributed by atoms with Crippen LogP contribution in [0.25, 0.3) is 0 Å². The summed E-state index contributed by atoms with van der Waals surface area (Å²) in [6.07, 6.45) is 39.4. The Morgan fingerprint density at radius 1 is 0.520 bits per heavy atom. The summed E-state index contributed by atoms with van der Waals surface area (Å²) in [5, 5.41) is 0. The Bertz CT molecular complexity index is 875. The predicted molar refractivity (Wildman–Crippen MR) is 207 cm³/mol. The molecule has 0 rings (SSSR count). The lowest BCUT2D eigenvalue weighted by Crippen LogP contribution is -2.29. The molecule has 8 nitrogen and oxygen atoms in total. The molecule has 0 saturated carbocycles. The van der Waals surface area contributed by atoms with Crippen LogP contribution in [-0.4, -0.2) is 42.8 Å². The fourth-order valence-electron chi connectivity index (χ4n) is 5.68. The van der Waals surface area contributed by atoms with Gasteiger partial charge in [-0.05, 0) is 71.1 Å². The third kappa shape index (κ3) is 36.3. The lowest BCUT2D eigenvalue weighted by Gasteiger charge is -2.19. The van der Waals surface area contributed by atoms with Crippen LogP contribution >= 0.6 is 7.82 Å². The van der Waals surface area contributed by atoms with Crippen molar-refractivity contribution in [1.29, 1.82) is 0 Å². The number of carbonyl (C=O) groups excluding carboxylic acids is 2. The number of hydrogen-bond donors (Lipinski definition) is 1. The van der Waals surface area contributed by atoms with Crippen LogP contribution in [0.4, 0.5) is 0 Å². The van der Waals surface area contributed by atoms with E-state index < -0.39 is 26.5 Å². The largest absolute Gasteiger partial charge is 0.472 e. The normalized spacial score (nSPS) is 13.6. The van der Waals surface area contributed by atoms with E-state index >= 15 is 0 Å². The van der Waals surface area contributed by atoms with E-state index in [1.807, 2.05) is 0 Å². The lowest BCUT2D eigenvalue weighted by atomic mass is 10.1. The summed E-state index contributed by atoms with van der Waals surface area (Å²) >= 11 is 0. The fourth-order valence-corrected chi connectivity index (χ4v) is 6.43. The summed E-state index contributed by atoms with van der Waals surface area (Å²) in [5.74, 6) is -0.809. The molecule has 0 fully saturated rings. The van der Waals surface area contributed by atoms with Crippen molar-refractivity contribution in [3.63, 3.8) is 0 Å². The van der Waals surface area contributed by atoms with Crippen LogP contribution in [0, 0.1) is 0 Å². The Labute approximate surface area is 307 Å². The first-order chi connectivity index (χ1) is 24.3. The maximum absolute atomic E-state index is 12.5. The Balaban J connectivity index is 4.11. The third-order valence-electron chi connectivity index (χ3n) is 8.73. The van der Waals surface area contributed by atoms with Gasteiger partial charge in [-0.2, -0.15) is 0 Å². The van der Waals surface area contributed by atoms with E-state index in [0.717, 1.165) is 64.2 Å². The van der Waals surface area contributed by atoms with Crippen LogP contribution in [0.3, 0.4) is 0 Å². The Morgan fingerprint density at radius 3 is 1.34 bits per heavy atom. The molecule has 0 amide bonds. The summed E-state index contributed by atoms with van der Waals surface area (Å²) in [6, 6.07) is 0. The standard InChI is InChI=1S/C41H77O8P/c1-4-7-9-11-13-15-17-19-20-21-22-24-26-28-30-32-34-36-41(43)49-39(38-48-50(44,45)47-6-3)37-46-40(42)35-33-31-29-27-25-23-18-16-14-12-10-8-5-2/h16,18-20,39H,4-15,17,21-38H2,1-3H3,(H,44,45)/b18-16-,20-19-. The van der Waals surface area contributed by atoms with Crippen LogP contribution < -0.4 is 0 Å². The average Bonchev–Trinajstić information content (AvgIpc) is 3.09. The fraction of sp³-hybridized carbons (Fsp3) is 0.854. The van der Waals surface area contributed by atoms with Crippen LogP contribution in [0.1, 0.15) is 201 Å². The van der Waals surface area contributed by atoms with E-state index in [0.29, 0.717) is 6.42 Å². The van der Waals surface area contributed by atoms with Gasteiger partial charge in [0.2, 0.25) is 0 Å². The number of phosphoric ester groups is 1. The van der Waals surface area contributed by atoms with Crippen molar-refractivity contribution in [2.75, 3.05) is 19.8 Å². The highest BCUT2D eigenvalue weighted by atomic mass is 31.2. The number of carbonyl (C=O) groups is 2. The summed E-state index contributed by atoms with van der Waals surface area (Å²) in [4.78, 5) is 34.6. The Morgan fingerprint density at radius 2 is 0.900 bits per heavy atom. The van der Waals surface area contributed by atoms with E-state index in [4.69, 9.17) is 18.5 Å². The predicted octanol–water partition coefficient (Wildman–Crippen LogP) is 12.7. The van der Waals surface area contributed by atoms with Gasteiger partial charge < -0.3 is 14.4 Å². The van der Waals surface area contributed by atoms with E-state index in [9.17, 15) is 19.0 Å². The molecule has 0 radical (unpaired) electrons. The highest BCUT2D eigenvalue weighted by Crippen LogP contribution is 2.43. The molecule has 0 aliphatic carbocycles. The van der Waals surface area contributed by atoms with Gasteiger partial charge in [-0.1, -0.05) is 141 Å². The zero-order chi connectivity index (χ0) is 36.8. The Hall–Kier alpha value is -1.47. The topological polar surface area (TPSA) is 108 Å². The molecule has 9 heteroatoms. The van der Waals surface area contributed by atoms with Gasteiger partial charge in [0.25, 0.3) is 0 Å². The number of unbranched alkanes of at least 4 members (excludes halogenated alkanes) is 22. The molecule has 0 spiro atoms. The zero-order valence-electron chi connectivity index (χ0n) is 32.6. The van der Waals surface area contributed by atoms with Crippen molar-refractivity contribution >= 4 is 19.8 Å². The first kappa shape index (κ1) is 48.5. The maximum atomic E-state index is 12.5. The molecule has 0 saturated heterocycles. The van der Waals surface area contributed by atoms with Gasteiger partial charge in [-0.15, -0.1) is 0 Å². The molecule has 0 aromatic carbocycles. The van der Waals surface area contributed by atoms with Gasteiger partial charge in [-0.3, -0.25) is 18.6 Å². The van der Waals surface area contributed by atoms with Crippen molar-refractivity contribution < 1.29 is 37.6 Å². The molecule has 0 aliphatic heterocycles. The van der Waals surface area contributed by atoms with Crippen molar-refractivity contribution in [1.82, 2.24) is 0 Å². The molecule has 0 bridgehead atoms. The number of hydrogen-bond acceptors (Lipinski definition) is 7. The van der Waals surface area contributed by atoms with Gasteiger partial charge in [0, 0.05) is 12.8 Å². The molecule has 50 heavy (non-hydrogen) atoms. The summed E-state index contributed by atoms with van der Waals surface area (Å²) < 4.78 is 32.6. The lowest BCUT2D eigenvalue weighted by molar-refractivity contribution is -0.161. The van der Waals surface area contributed by atoms with Crippen molar-refractivity contribution in [3.8, 4) is 0 Å². The van der Waals surface area contributed by atoms with Gasteiger partial charge in [-0.25, -0.2) is 4.57 Å². The average molecular weight is 729 g/mol. The van der Waals surface area contributed by atoms with E-state index in [-0.39, 0.29) is 32.0 Å². The number of rotatable bonds is 38. The maximum Gasteiger partial charge on any atom is 0.472 e. The molecule has 0 aromatic heterocycles. The number of phosphoric acid groups is 1. The minimum absolute atomic E-state index is 0.000595. The second-order valence-corrected chi connectivity index (χ2v) is 15.1. The molecule has 0 aliphatic rings. The molecular formula is C41H77O8P. The van der Waals surface area contributed by atoms with Crippen molar-refractivity contribution in [3.05, 3.63) is 24.3 Å². The van der Waals surface area contributed by atoms with Crippen LogP contribution in [-0.2, 0) is 32.7 Å². The third-order valence-corrected chi connectivity index (χ3v) is 9.79. The highest BCUT2D eigenvalue weighted by molar-refractivity contribution is 7.47. The molecule has 294 valence electrons. The minimum Gasteiger partial charge on any atom is -0.462 e. The summed E-state index contributed by atoms with van der Waals surface area (Å²) in [5.41, 5.74) is 0. The van der Waals surface area contributed by atoms with Crippen LogP contribution in [0.5, 0.6) is 0 Å². The van der Waals surface area contributed by atoms with Gasteiger partial charge in [0.15, 0.2) is 6.10 Å². The van der Waals surface area contributed by atoms with E-state index in [2.05, 4.69) is 38.2 Å². The molecule has 0 heterocycles. The van der Waals surface area contributed by atoms with Gasteiger partial charge in [0.1, 0.15) is 6.61 Å². The summed E-state index contributed by atoms with van der Waals surface area (Å²) in [7, 11) is -4.28. The van der Waals surface area contributed by atoms with Gasteiger partial charge >= 0.3 is 19.8 Å². The highest BCUT2D eigenvalue weighted by Gasteiger charge is 2.25. The van der Waals surface area contributed by atoms with Crippen molar-refractivity contribution in [2.24, 2.45) is 0 Å². The van der Waals surface area contributed by atoms with Gasteiger partial charge in [0.05, 0.1) is 13.2 Å². The second kappa shape index (κ2) is 37.3. The number of esters is 2. The van der Waals surface area contributed by atoms with Crippen LogP contribution in [0.2, 0.25) is 0 Å². The molecule has 2 atom stereocenters. The number of ether oxygens (including phenoxy) is 2. The van der Waals surface area contributed by atoms with Crippen LogP contribution in [0.15, 0.2) is 24.3 Å². The molecule has 1 N–H and O–H groups in total. The second-order valence-electron chi connectivity index (χ2n) is 13.6.